The van der Waals surface area contributed by atoms with Gasteiger partial charge in [0.2, 0.25) is 0 Å². The molecule has 2 unspecified atom stereocenters. The molecule has 0 bridgehead atoms. The minimum atomic E-state index is -4.69. The standard InChI is InChI=1S/C25H30N6O9P2/c1-18(13-32)29-41(33,40-24-8-4-6-19-5-2-3-7-22(19)24)38-14-21(37-15-26)11-9-20-10-12-23-25(27)30(16-28-31(20)23)17-39-42(34,35)36/h2-8,10,12-13,16,18,21,25H,9,11,14,17,27H2,1H3,(H,29,33)(H2,34,35,36)/t18-,21-,25?,41?/m0/s1. The lowest BCUT2D eigenvalue weighted by Gasteiger charge is -2.30. The zero-order valence-electron chi connectivity index (χ0n) is 22.4. The second-order valence-corrected chi connectivity index (χ2v) is 12.2. The molecule has 2 heterocycles. The maximum Gasteiger partial charge on any atom is 0.471 e. The lowest BCUT2D eigenvalue weighted by atomic mass is 10.1. The van der Waals surface area contributed by atoms with E-state index in [4.69, 9.17) is 29.3 Å². The molecule has 42 heavy (non-hydrogen) atoms. The van der Waals surface area contributed by atoms with E-state index in [2.05, 4.69) is 14.7 Å². The van der Waals surface area contributed by atoms with Crippen LogP contribution >= 0.6 is 15.6 Å². The van der Waals surface area contributed by atoms with Gasteiger partial charge in [0.15, 0.2) is 0 Å². The van der Waals surface area contributed by atoms with Gasteiger partial charge in [0.05, 0.1) is 18.3 Å². The monoisotopic (exact) mass is 620 g/mol. The topological polar surface area (TPSA) is 211 Å². The highest BCUT2D eigenvalue weighted by atomic mass is 31.2. The minimum absolute atomic E-state index is 0.240. The quantitative estimate of drug-likeness (QED) is 0.109. The van der Waals surface area contributed by atoms with Crippen LogP contribution in [0.25, 0.3) is 10.8 Å². The number of nitrogens with two attached hydrogens (primary N) is 1. The molecule has 224 valence electrons. The van der Waals surface area contributed by atoms with Crippen LogP contribution in [0.5, 0.6) is 5.75 Å². The lowest BCUT2D eigenvalue weighted by molar-refractivity contribution is -0.109. The van der Waals surface area contributed by atoms with Gasteiger partial charge in [-0.25, -0.2) is 18.9 Å². The molecule has 1 aliphatic heterocycles. The Kier molecular flexibility index (Phi) is 10.2. The van der Waals surface area contributed by atoms with Crippen molar-refractivity contribution in [1.29, 1.82) is 5.26 Å². The number of nitrogens with one attached hydrogen (secondary N) is 1. The number of aromatic nitrogens is 1. The lowest BCUT2D eigenvalue weighted by Crippen LogP contribution is -2.39. The van der Waals surface area contributed by atoms with Crippen molar-refractivity contribution in [3.63, 3.8) is 0 Å². The molecule has 0 fully saturated rings. The number of aryl methyl sites for hydroxylation is 1. The summed E-state index contributed by atoms with van der Waals surface area (Å²) < 4.78 is 47.5. The van der Waals surface area contributed by atoms with Crippen LogP contribution in [0.4, 0.5) is 0 Å². The number of phosphoric acid groups is 1. The molecule has 4 atom stereocenters. The smallest absolute Gasteiger partial charge is 0.422 e. The van der Waals surface area contributed by atoms with E-state index in [1.54, 1.807) is 41.3 Å². The number of hydrogen-bond acceptors (Lipinski definition) is 11. The Hall–Kier alpha value is -3.57. The van der Waals surface area contributed by atoms with Gasteiger partial charge in [-0.2, -0.15) is 10.4 Å². The summed E-state index contributed by atoms with van der Waals surface area (Å²) in [6, 6.07) is 15.2. The molecule has 1 aromatic heterocycles. The average Bonchev–Trinajstić information content (AvgIpc) is 3.37. The summed E-state index contributed by atoms with van der Waals surface area (Å²) in [7, 11) is -8.82. The Morgan fingerprint density at radius 2 is 1.93 bits per heavy atom. The first-order valence-electron chi connectivity index (χ1n) is 12.7. The van der Waals surface area contributed by atoms with Crippen molar-refractivity contribution in [3.8, 4) is 12.0 Å². The molecule has 0 amide bonds. The average molecular weight is 620 g/mol. The van der Waals surface area contributed by atoms with E-state index >= 15 is 0 Å². The minimum Gasteiger partial charge on any atom is -0.422 e. The summed E-state index contributed by atoms with van der Waals surface area (Å²) in [4.78, 5) is 30.5. The Morgan fingerprint density at radius 1 is 1.17 bits per heavy atom. The van der Waals surface area contributed by atoms with Gasteiger partial charge in [0.25, 0.3) is 6.26 Å². The van der Waals surface area contributed by atoms with E-state index in [0.29, 0.717) is 29.5 Å². The van der Waals surface area contributed by atoms with Crippen molar-refractivity contribution in [2.75, 3.05) is 13.3 Å². The van der Waals surface area contributed by atoms with Gasteiger partial charge < -0.3 is 34.5 Å². The van der Waals surface area contributed by atoms with Gasteiger partial charge in [0, 0.05) is 11.1 Å². The number of nitriles is 1. The van der Waals surface area contributed by atoms with Crippen LogP contribution in [0.1, 0.15) is 30.9 Å². The summed E-state index contributed by atoms with van der Waals surface area (Å²) in [5.41, 5.74) is 7.43. The van der Waals surface area contributed by atoms with Crippen molar-refractivity contribution in [1.82, 2.24) is 14.7 Å². The number of rotatable bonds is 15. The third kappa shape index (κ3) is 8.04. The van der Waals surface area contributed by atoms with Crippen molar-refractivity contribution in [2.45, 2.75) is 38.1 Å². The molecule has 1 aliphatic rings. The molecule has 0 spiro atoms. The van der Waals surface area contributed by atoms with Crippen LogP contribution in [0.3, 0.4) is 0 Å². The predicted molar refractivity (Wildman–Crippen MR) is 151 cm³/mol. The van der Waals surface area contributed by atoms with Gasteiger partial charge in [0.1, 0.15) is 37.4 Å². The highest BCUT2D eigenvalue weighted by Gasteiger charge is 2.32. The van der Waals surface area contributed by atoms with Crippen LogP contribution in [0.2, 0.25) is 0 Å². The first-order chi connectivity index (χ1) is 20.0. The van der Waals surface area contributed by atoms with Gasteiger partial charge in [-0.3, -0.25) is 9.05 Å². The fraction of sp³-hybridized carbons (Fsp3) is 0.320. The Bertz CT molecular complexity index is 1560. The van der Waals surface area contributed by atoms with Crippen LogP contribution in [0, 0.1) is 11.5 Å². The third-order valence-corrected chi connectivity index (χ3v) is 8.32. The molecule has 0 radical (unpaired) electrons. The number of fused-ring (bicyclic) bond motifs is 2. The second kappa shape index (κ2) is 13.6. The molecule has 2 aromatic carbocycles. The predicted octanol–water partition coefficient (Wildman–Crippen LogP) is 2.95. The molecule has 0 aliphatic carbocycles. The van der Waals surface area contributed by atoms with Crippen LogP contribution in [-0.2, 0) is 34.1 Å². The van der Waals surface area contributed by atoms with E-state index in [-0.39, 0.29) is 18.8 Å². The maximum atomic E-state index is 13.8. The number of hydrogen-bond donors (Lipinski definition) is 4. The molecule has 0 saturated heterocycles. The summed E-state index contributed by atoms with van der Waals surface area (Å²) in [6.07, 6.45) is 2.44. The van der Waals surface area contributed by atoms with Gasteiger partial charge in [-0.1, -0.05) is 36.4 Å². The molecular formula is C25H30N6O9P2. The number of ether oxygens (including phenoxy) is 1. The highest BCUT2D eigenvalue weighted by Crippen LogP contribution is 2.47. The van der Waals surface area contributed by atoms with Gasteiger partial charge >= 0.3 is 15.6 Å². The summed E-state index contributed by atoms with van der Waals surface area (Å²) in [5, 5.41) is 17.6. The van der Waals surface area contributed by atoms with E-state index < -0.39 is 40.6 Å². The van der Waals surface area contributed by atoms with Crippen molar-refractivity contribution >= 4 is 39.0 Å². The third-order valence-electron chi connectivity index (χ3n) is 6.22. The molecule has 3 aromatic rings. The van der Waals surface area contributed by atoms with E-state index in [1.807, 2.05) is 24.3 Å². The molecule has 5 N–H and O–H groups in total. The number of benzene rings is 2. The van der Waals surface area contributed by atoms with Crippen LogP contribution in [-0.4, -0.2) is 57.5 Å². The highest BCUT2D eigenvalue weighted by molar-refractivity contribution is 7.52. The SMILES string of the molecule is C[C@@H](C=O)NP(=O)(OC[C@H](CCc1ccc2n1N=CN(COP(=O)(O)O)C2N)OC#N)Oc1cccc2ccccc12. The van der Waals surface area contributed by atoms with E-state index in [0.717, 1.165) is 5.39 Å². The first-order valence-corrected chi connectivity index (χ1v) is 15.8. The molecule has 0 saturated carbocycles. The number of carbonyl (C=O) groups excluding carboxylic acids is 1. The van der Waals surface area contributed by atoms with Crippen molar-refractivity contribution < 1.29 is 42.0 Å². The largest absolute Gasteiger partial charge is 0.471 e. The first kappa shape index (κ1) is 31.4. The zero-order chi connectivity index (χ0) is 30.3. The van der Waals surface area contributed by atoms with E-state index in [9.17, 15) is 19.2 Å². The number of aldehydes is 1. The Morgan fingerprint density at radius 3 is 2.67 bits per heavy atom. The second-order valence-electron chi connectivity index (χ2n) is 9.29. The maximum absolute atomic E-state index is 13.8. The Balaban J connectivity index is 1.44. The van der Waals surface area contributed by atoms with Gasteiger partial charge in [-0.15, -0.1) is 0 Å². The summed E-state index contributed by atoms with van der Waals surface area (Å²) >= 11 is 0. The molecule has 4 rings (SSSR count). The zero-order valence-corrected chi connectivity index (χ0v) is 24.2. The van der Waals surface area contributed by atoms with Crippen molar-refractivity contribution in [3.05, 3.63) is 66.0 Å². The molecule has 17 heteroatoms. The number of carbonyl (C=O) groups is 1. The fourth-order valence-corrected chi connectivity index (χ4v) is 5.98. The fourth-order valence-electron chi connectivity index (χ4n) is 4.17. The van der Waals surface area contributed by atoms with E-state index in [1.165, 1.54) is 18.2 Å². The molecular weight excluding hydrogens is 590 g/mol. The van der Waals surface area contributed by atoms with Gasteiger partial charge in [-0.05, 0) is 43.4 Å². The molecule has 15 nitrogen and oxygen atoms in total. The Labute approximate surface area is 241 Å². The number of phosphoric ester groups is 1. The van der Waals surface area contributed by atoms with Crippen LogP contribution < -0.4 is 15.3 Å². The normalized spacial score (nSPS) is 17.6. The van der Waals surface area contributed by atoms with Crippen LogP contribution in [0.15, 0.2) is 59.7 Å². The van der Waals surface area contributed by atoms with Crippen molar-refractivity contribution in [2.24, 2.45) is 10.8 Å². The summed E-state index contributed by atoms with van der Waals surface area (Å²) in [5.74, 6) is 0.286. The summed E-state index contributed by atoms with van der Waals surface area (Å²) in [6.45, 7) is 0.722. The number of nitrogens with zero attached hydrogens (tertiary/aromatic N) is 4.